The standard InChI is InChI=1S/C36H71N2/c1-4-7-10-13-16-18-19-20-21-24-27-30-33-38-35-34-37(32-29-26-23-17-14-11-8-5-2)36(38)31-28-25-22-15-12-9-6-3/h34-35H,4-33H2,1-3H3/q+1. The second kappa shape index (κ2) is 27.8. The minimum atomic E-state index is 1.23. The van der Waals surface area contributed by atoms with Gasteiger partial charge in [-0.1, -0.05) is 162 Å². The molecular formula is C36H71N2+. The van der Waals surface area contributed by atoms with Crippen LogP contribution in [0.5, 0.6) is 0 Å². The van der Waals surface area contributed by atoms with Crippen molar-refractivity contribution in [3.05, 3.63) is 18.2 Å². The molecule has 0 saturated heterocycles. The predicted octanol–water partition coefficient (Wildman–Crippen LogP) is 11.9. The lowest BCUT2D eigenvalue weighted by Gasteiger charge is -2.07. The van der Waals surface area contributed by atoms with Crippen molar-refractivity contribution in [3.63, 3.8) is 0 Å². The Balaban J connectivity index is 2.30. The summed E-state index contributed by atoms with van der Waals surface area (Å²) in [6.45, 7) is 9.39. The van der Waals surface area contributed by atoms with Crippen molar-refractivity contribution in [2.24, 2.45) is 0 Å². The van der Waals surface area contributed by atoms with Crippen molar-refractivity contribution in [3.8, 4) is 0 Å². The molecule has 0 aliphatic carbocycles. The van der Waals surface area contributed by atoms with Crippen LogP contribution >= 0.6 is 0 Å². The second-order valence-electron chi connectivity index (χ2n) is 12.3. The summed E-state index contributed by atoms with van der Waals surface area (Å²) in [5.41, 5.74) is 0. The van der Waals surface area contributed by atoms with Gasteiger partial charge >= 0.3 is 0 Å². The van der Waals surface area contributed by atoms with Crippen LogP contribution in [0.25, 0.3) is 0 Å². The van der Waals surface area contributed by atoms with E-state index in [-0.39, 0.29) is 0 Å². The van der Waals surface area contributed by atoms with Gasteiger partial charge in [-0.25, -0.2) is 9.13 Å². The molecule has 1 heterocycles. The summed E-state index contributed by atoms with van der Waals surface area (Å²) in [5, 5.41) is 0. The molecule has 0 saturated carbocycles. The molecule has 0 unspecified atom stereocenters. The van der Waals surface area contributed by atoms with Gasteiger partial charge in [0.2, 0.25) is 0 Å². The highest BCUT2D eigenvalue weighted by Crippen LogP contribution is 2.14. The Bertz CT molecular complexity index is 590. The van der Waals surface area contributed by atoms with Crippen LogP contribution in [-0.4, -0.2) is 4.57 Å². The number of hydrogen-bond acceptors (Lipinski definition) is 0. The first-order valence-electron chi connectivity index (χ1n) is 17.9. The molecular weight excluding hydrogens is 460 g/mol. The second-order valence-corrected chi connectivity index (χ2v) is 12.3. The predicted molar refractivity (Wildman–Crippen MR) is 170 cm³/mol. The van der Waals surface area contributed by atoms with E-state index in [1.54, 1.807) is 5.82 Å². The van der Waals surface area contributed by atoms with E-state index < -0.39 is 0 Å². The average Bonchev–Trinajstić information content (AvgIpc) is 3.31. The third kappa shape index (κ3) is 20.2. The molecule has 0 aliphatic rings. The summed E-state index contributed by atoms with van der Waals surface area (Å²) < 4.78 is 5.24. The molecule has 0 fully saturated rings. The molecule has 1 aromatic heterocycles. The van der Waals surface area contributed by atoms with E-state index >= 15 is 0 Å². The van der Waals surface area contributed by atoms with Crippen molar-refractivity contribution in [2.45, 2.75) is 214 Å². The maximum Gasteiger partial charge on any atom is 0.256 e. The average molecular weight is 532 g/mol. The Morgan fingerprint density at radius 1 is 0.447 bits per heavy atom. The lowest BCUT2D eigenvalue weighted by Crippen LogP contribution is -2.37. The molecule has 0 atom stereocenters. The molecule has 0 spiro atoms. The van der Waals surface area contributed by atoms with Crippen LogP contribution in [0.3, 0.4) is 0 Å². The first-order valence-corrected chi connectivity index (χ1v) is 17.9. The van der Waals surface area contributed by atoms with Gasteiger partial charge in [0.15, 0.2) is 0 Å². The zero-order valence-electron chi connectivity index (χ0n) is 26.8. The maximum absolute atomic E-state index is 2.62. The smallest absolute Gasteiger partial charge is 0.234 e. The van der Waals surface area contributed by atoms with Crippen LogP contribution in [0.15, 0.2) is 12.4 Å². The first-order chi connectivity index (χ1) is 18.8. The van der Waals surface area contributed by atoms with Crippen LogP contribution in [0.4, 0.5) is 0 Å². The van der Waals surface area contributed by atoms with Crippen molar-refractivity contribution in [1.29, 1.82) is 0 Å². The van der Waals surface area contributed by atoms with Gasteiger partial charge in [-0.3, -0.25) is 0 Å². The quantitative estimate of drug-likeness (QED) is 0.0689. The topological polar surface area (TPSA) is 8.81 Å². The fourth-order valence-corrected chi connectivity index (χ4v) is 5.97. The number of rotatable bonds is 30. The molecule has 224 valence electrons. The van der Waals surface area contributed by atoms with Gasteiger partial charge in [0.25, 0.3) is 5.82 Å². The molecule has 0 N–H and O–H groups in total. The molecule has 0 bridgehead atoms. The third-order valence-electron chi connectivity index (χ3n) is 8.60. The largest absolute Gasteiger partial charge is 0.256 e. The number of unbranched alkanes of at least 4 members (excludes halogenated alkanes) is 24. The number of nitrogens with zero attached hydrogens (tertiary/aromatic N) is 2. The molecule has 0 aliphatic heterocycles. The van der Waals surface area contributed by atoms with Gasteiger partial charge in [-0.2, -0.15) is 0 Å². The van der Waals surface area contributed by atoms with E-state index in [1.165, 1.54) is 193 Å². The molecule has 0 amide bonds. The monoisotopic (exact) mass is 532 g/mol. The Hall–Kier alpha value is -0.790. The fourth-order valence-electron chi connectivity index (χ4n) is 5.97. The van der Waals surface area contributed by atoms with Crippen LogP contribution in [0.2, 0.25) is 0 Å². The third-order valence-corrected chi connectivity index (χ3v) is 8.60. The van der Waals surface area contributed by atoms with Crippen molar-refractivity contribution in [2.75, 3.05) is 0 Å². The minimum absolute atomic E-state index is 1.23. The summed E-state index contributed by atoms with van der Waals surface area (Å²) in [4.78, 5) is 0. The highest BCUT2D eigenvalue weighted by atomic mass is 15.1. The maximum atomic E-state index is 2.62. The van der Waals surface area contributed by atoms with E-state index in [9.17, 15) is 0 Å². The van der Waals surface area contributed by atoms with E-state index in [4.69, 9.17) is 0 Å². The summed E-state index contributed by atoms with van der Waals surface area (Å²) in [6.07, 6.45) is 44.4. The van der Waals surface area contributed by atoms with E-state index in [0.717, 1.165) is 0 Å². The van der Waals surface area contributed by atoms with Gasteiger partial charge in [0.05, 0.1) is 13.1 Å². The van der Waals surface area contributed by atoms with Gasteiger partial charge in [-0.05, 0) is 32.1 Å². The SMILES string of the molecule is CCCCCCCCCCCCCC[n+]1ccn(CCCCCCCCCC)c1CCCCCCCCC. The van der Waals surface area contributed by atoms with Crippen LogP contribution in [0.1, 0.15) is 200 Å². The Morgan fingerprint density at radius 3 is 1.26 bits per heavy atom. The molecule has 0 aromatic carbocycles. The molecule has 0 radical (unpaired) electrons. The fraction of sp³-hybridized carbons (Fsp3) is 0.917. The lowest BCUT2D eigenvalue weighted by atomic mass is 10.1. The van der Waals surface area contributed by atoms with Crippen LogP contribution in [-0.2, 0) is 19.5 Å². The summed E-state index contributed by atoms with van der Waals surface area (Å²) >= 11 is 0. The zero-order valence-corrected chi connectivity index (χ0v) is 26.8. The van der Waals surface area contributed by atoms with Crippen molar-refractivity contribution >= 4 is 0 Å². The summed E-state index contributed by atoms with van der Waals surface area (Å²) in [7, 11) is 0. The van der Waals surface area contributed by atoms with Crippen molar-refractivity contribution < 1.29 is 4.57 Å². The van der Waals surface area contributed by atoms with Gasteiger partial charge in [0.1, 0.15) is 12.4 Å². The number of aryl methyl sites for hydroxylation is 2. The lowest BCUT2D eigenvalue weighted by molar-refractivity contribution is -0.704. The van der Waals surface area contributed by atoms with Crippen LogP contribution < -0.4 is 4.57 Å². The summed E-state index contributed by atoms with van der Waals surface area (Å²) in [5.74, 6) is 1.62. The Morgan fingerprint density at radius 2 is 0.816 bits per heavy atom. The highest BCUT2D eigenvalue weighted by Gasteiger charge is 2.16. The van der Waals surface area contributed by atoms with Gasteiger partial charge < -0.3 is 0 Å². The number of aromatic nitrogens is 2. The molecule has 1 aromatic rings. The molecule has 2 heteroatoms. The van der Waals surface area contributed by atoms with Crippen molar-refractivity contribution in [1.82, 2.24) is 4.57 Å². The first kappa shape index (κ1) is 35.2. The van der Waals surface area contributed by atoms with E-state index in [2.05, 4.69) is 42.3 Å². The Labute approximate surface area is 240 Å². The van der Waals surface area contributed by atoms with Gasteiger partial charge in [0, 0.05) is 6.42 Å². The number of hydrogen-bond donors (Lipinski definition) is 0. The normalized spacial score (nSPS) is 11.6. The van der Waals surface area contributed by atoms with Crippen LogP contribution in [0, 0.1) is 0 Å². The summed E-state index contributed by atoms with van der Waals surface area (Å²) in [6, 6.07) is 0. The van der Waals surface area contributed by atoms with E-state index in [1.807, 2.05) is 0 Å². The minimum Gasteiger partial charge on any atom is -0.234 e. The number of imidazole rings is 1. The highest BCUT2D eigenvalue weighted by molar-refractivity contribution is 4.84. The molecule has 2 nitrogen and oxygen atoms in total. The van der Waals surface area contributed by atoms with Gasteiger partial charge in [-0.15, -0.1) is 0 Å². The zero-order chi connectivity index (χ0) is 27.4. The molecule has 1 rings (SSSR count). The van der Waals surface area contributed by atoms with E-state index in [0.29, 0.717) is 0 Å². The molecule has 38 heavy (non-hydrogen) atoms. The Kier molecular flexibility index (Phi) is 25.7.